The van der Waals surface area contributed by atoms with Crippen molar-refractivity contribution in [3.63, 3.8) is 0 Å². The van der Waals surface area contributed by atoms with Crippen molar-refractivity contribution in [2.45, 2.75) is 19.4 Å². The largest absolute Gasteiger partial charge is 0.508 e. The van der Waals surface area contributed by atoms with Gasteiger partial charge in [-0.15, -0.1) is 0 Å². The third kappa shape index (κ3) is 3.93. The Bertz CT molecular complexity index is 1080. The molecule has 1 aliphatic heterocycles. The predicted octanol–water partition coefficient (Wildman–Crippen LogP) is 4.95. The summed E-state index contributed by atoms with van der Waals surface area (Å²) in [6.45, 7) is 2.02. The summed E-state index contributed by atoms with van der Waals surface area (Å²) in [6.07, 6.45) is 0.581. The molecule has 4 rings (SSSR count). The number of hydrazone groups is 1. The molecule has 1 heterocycles. The van der Waals surface area contributed by atoms with Crippen molar-refractivity contribution in [3.8, 4) is 11.5 Å². The fourth-order valence-electron chi connectivity index (χ4n) is 3.42. The van der Waals surface area contributed by atoms with Crippen LogP contribution in [0.1, 0.15) is 29.2 Å². The van der Waals surface area contributed by atoms with Crippen LogP contribution in [-0.4, -0.2) is 26.0 Å². The highest BCUT2D eigenvalue weighted by Gasteiger charge is 2.32. The fraction of sp³-hybridized carbons (Fsp3) is 0.130. The molecule has 0 spiro atoms. The van der Waals surface area contributed by atoms with E-state index in [1.165, 1.54) is 0 Å². The first-order valence-electron chi connectivity index (χ1n) is 9.33. The van der Waals surface area contributed by atoms with Crippen LogP contribution in [0.15, 0.2) is 77.9 Å². The molecule has 1 atom stereocenters. The minimum atomic E-state index is -0.144. The van der Waals surface area contributed by atoms with E-state index in [1.54, 1.807) is 29.3 Å². The fourth-order valence-corrected chi connectivity index (χ4v) is 3.70. The minimum absolute atomic E-state index is 0.144. The number of phenolic OH excluding ortho intramolecular Hbond substituents is 2. The molecule has 0 saturated carbocycles. The number of aromatic hydroxyl groups is 2. The molecule has 6 heteroatoms. The van der Waals surface area contributed by atoms with Gasteiger partial charge >= 0.3 is 0 Å². The SMILES string of the molecule is Cc1ccccc1NC(=S)N1N=C(c2ccccc2O)C[C@H]1c1ccc(O)cc1. The molecule has 0 radical (unpaired) electrons. The number of nitrogens with zero attached hydrogens (tertiary/aromatic N) is 2. The van der Waals surface area contributed by atoms with Crippen LogP contribution in [0.2, 0.25) is 0 Å². The Hall–Kier alpha value is -3.38. The van der Waals surface area contributed by atoms with Crippen LogP contribution in [0.3, 0.4) is 0 Å². The second-order valence-electron chi connectivity index (χ2n) is 6.96. The maximum Gasteiger partial charge on any atom is 0.194 e. The van der Waals surface area contributed by atoms with Crippen molar-refractivity contribution < 1.29 is 10.2 Å². The average Bonchev–Trinajstić information content (AvgIpc) is 3.16. The number of rotatable bonds is 3. The molecule has 0 aromatic heterocycles. The summed E-state index contributed by atoms with van der Waals surface area (Å²) in [7, 11) is 0. The van der Waals surface area contributed by atoms with E-state index < -0.39 is 0 Å². The second-order valence-corrected chi connectivity index (χ2v) is 7.35. The number of aryl methyl sites for hydroxylation is 1. The Morgan fingerprint density at radius 1 is 1.00 bits per heavy atom. The number of para-hydroxylation sites is 2. The van der Waals surface area contributed by atoms with Crippen LogP contribution in [0.4, 0.5) is 5.69 Å². The Morgan fingerprint density at radius 3 is 2.41 bits per heavy atom. The summed E-state index contributed by atoms with van der Waals surface area (Å²) in [6, 6.07) is 22.0. The molecule has 3 aromatic rings. The molecule has 146 valence electrons. The van der Waals surface area contributed by atoms with Crippen LogP contribution < -0.4 is 5.32 Å². The first-order chi connectivity index (χ1) is 14.0. The summed E-state index contributed by atoms with van der Waals surface area (Å²) in [5.74, 6) is 0.399. The minimum Gasteiger partial charge on any atom is -0.508 e. The molecule has 0 unspecified atom stereocenters. The first kappa shape index (κ1) is 19.0. The smallest absolute Gasteiger partial charge is 0.194 e. The maximum atomic E-state index is 10.3. The van der Waals surface area contributed by atoms with Crippen molar-refractivity contribution in [2.75, 3.05) is 5.32 Å². The van der Waals surface area contributed by atoms with E-state index in [2.05, 4.69) is 5.32 Å². The Balaban J connectivity index is 1.69. The zero-order chi connectivity index (χ0) is 20.4. The standard InChI is InChI=1S/C23H21N3O2S/c1-15-6-2-4-8-19(15)24-23(29)26-21(16-10-12-17(27)13-11-16)14-20(25-26)18-7-3-5-9-22(18)28/h2-13,21,27-28H,14H2,1H3,(H,24,29)/t21-/m0/s1. The number of anilines is 1. The molecule has 3 aromatic carbocycles. The maximum absolute atomic E-state index is 10.3. The van der Waals surface area contributed by atoms with Gasteiger partial charge in [0, 0.05) is 17.7 Å². The van der Waals surface area contributed by atoms with Crippen LogP contribution in [0, 0.1) is 6.92 Å². The number of thiocarbonyl (C=S) groups is 1. The molecule has 1 aliphatic rings. The summed E-state index contributed by atoms with van der Waals surface area (Å²) < 4.78 is 0. The molecule has 3 N–H and O–H groups in total. The average molecular weight is 404 g/mol. The lowest BCUT2D eigenvalue weighted by atomic mass is 9.98. The number of hydrogen-bond donors (Lipinski definition) is 3. The normalized spacial score (nSPS) is 15.8. The van der Waals surface area contributed by atoms with Gasteiger partial charge in [-0.2, -0.15) is 5.10 Å². The van der Waals surface area contributed by atoms with Gasteiger partial charge in [0.05, 0.1) is 11.8 Å². The van der Waals surface area contributed by atoms with Gasteiger partial charge < -0.3 is 15.5 Å². The lowest BCUT2D eigenvalue weighted by Crippen LogP contribution is -2.31. The second kappa shape index (κ2) is 7.93. The van der Waals surface area contributed by atoms with Gasteiger partial charge in [-0.25, -0.2) is 5.01 Å². The Labute approximate surface area is 174 Å². The monoisotopic (exact) mass is 403 g/mol. The van der Waals surface area contributed by atoms with E-state index >= 15 is 0 Å². The zero-order valence-corrected chi connectivity index (χ0v) is 16.7. The van der Waals surface area contributed by atoms with Gasteiger partial charge in [0.1, 0.15) is 11.5 Å². The van der Waals surface area contributed by atoms with Crippen molar-refractivity contribution in [2.24, 2.45) is 5.10 Å². The third-order valence-corrected chi connectivity index (χ3v) is 5.29. The van der Waals surface area contributed by atoms with E-state index in [1.807, 2.05) is 55.5 Å². The summed E-state index contributed by atoms with van der Waals surface area (Å²) >= 11 is 5.69. The van der Waals surface area contributed by atoms with Crippen LogP contribution >= 0.6 is 12.2 Å². The van der Waals surface area contributed by atoms with E-state index in [0.717, 1.165) is 22.5 Å². The molecule has 0 aliphatic carbocycles. The van der Waals surface area contributed by atoms with Gasteiger partial charge in [0.25, 0.3) is 0 Å². The van der Waals surface area contributed by atoms with Crippen LogP contribution in [0.5, 0.6) is 11.5 Å². The summed E-state index contributed by atoms with van der Waals surface area (Å²) in [4.78, 5) is 0. The highest BCUT2D eigenvalue weighted by molar-refractivity contribution is 7.80. The lowest BCUT2D eigenvalue weighted by molar-refractivity contribution is 0.375. The van der Waals surface area contributed by atoms with Gasteiger partial charge in [-0.3, -0.25) is 0 Å². The van der Waals surface area contributed by atoms with Crippen LogP contribution in [0.25, 0.3) is 0 Å². The quantitative estimate of drug-likeness (QED) is 0.540. The number of hydrogen-bond acceptors (Lipinski definition) is 4. The molecular formula is C23H21N3O2S. The van der Waals surface area contributed by atoms with Gasteiger partial charge in [0.15, 0.2) is 5.11 Å². The van der Waals surface area contributed by atoms with Gasteiger partial charge in [-0.1, -0.05) is 42.5 Å². The molecule has 0 bridgehead atoms. The van der Waals surface area contributed by atoms with Crippen molar-refractivity contribution >= 4 is 28.7 Å². The van der Waals surface area contributed by atoms with Crippen LogP contribution in [-0.2, 0) is 0 Å². The van der Waals surface area contributed by atoms with Gasteiger partial charge in [0.2, 0.25) is 0 Å². The molecule has 29 heavy (non-hydrogen) atoms. The Kier molecular flexibility index (Phi) is 5.18. The molecule has 0 saturated heterocycles. The van der Waals surface area contributed by atoms with E-state index in [0.29, 0.717) is 17.1 Å². The molecule has 0 amide bonds. The molecule has 0 fully saturated rings. The number of phenols is 2. The van der Waals surface area contributed by atoms with E-state index in [-0.39, 0.29) is 17.5 Å². The summed E-state index contributed by atoms with van der Waals surface area (Å²) in [5.41, 5.74) is 4.44. The molecular weight excluding hydrogens is 382 g/mol. The highest BCUT2D eigenvalue weighted by atomic mass is 32.1. The lowest BCUT2D eigenvalue weighted by Gasteiger charge is -2.25. The van der Waals surface area contributed by atoms with E-state index in [4.69, 9.17) is 17.3 Å². The Morgan fingerprint density at radius 2 is 1.69 bits per heavy atom. The van der Waals surface area contributed by atoms with E-state index in [9.17, 15) is 10.2 Å². The third-order valence-electron chi connectivity index (χ3n) is 5.00. The first-order valence-corrected chi connectivity index (χ1v) is 9.74. The highest BCUT2D eigenvalue weighted by Crippen LogP contribution is 2.35. The zero-order valence-electron chi connectivity index (χ0n) is 15.9. The topological polar surface area (TPSA) is 68.1 Å². The number of benzene rings is 3. The molecule has 5 nitrogen and oxygen atoms in total. The van der Waals surface area contributed by atoms with Crippen molar-refractivity contribution in [1.29, 1.82) is 0 Å². The van der Waals surface area contributed by atoms with Gasteiger partial charge in [-0.05, 0) is 60.6 Å². The predicted molar refractivity (Wildman–Crippen MR) is 119 cm³/mol. The van der Waals surface area contributed by atoms with Crippen molar-refractivity contribution in [3.05, 3.63) is 89.5 Å². The number of nitrogens with one attached hydrogen (secondary N) is 1. The van der Waals surface area contributed by atoms with Crippen molar-refractivity contribution in [1.82, 2.24) is 5.01 Å². The summed E-state index contributed by atoms with van der Waals surface area (Å²) in [5, 5.41) is 30.2.